The lowest BCUT2D eigenvalue weighted by Gasteiger charge is -2.13. The Labute approximate surface area is 142 Å². The molecule has 0 bridgehead atoms. The summed E-state index contributed by atoms with van der Waals surface area (Å²) in [7, 11) is 3.16. The van der Waals surface area contributed by atoms with Crippen LogP contribution in [-0.4, -0.2) is 26.3 Å². The van der Waals surface area contributed by atoms with Crippen molar-refractivity contribution in [3.05, 3.63) is 59.7 Å². The summed E-state index contributed by atoms with van der Waals surface area (Å²) in [6, 6.07) is 15.1. The van der Waals surface area contributed by atoms with E-state index < -0.39 is 0 Å². The lowest BCUT2D eigenvalue weighted by Crippen LogP contribution is -2.25. The average molecular weight is 326 g/mol. The van der Waals surface area contributed by atoms with Crippen molar-refractivity contribution in [3.8, 4) is 11.5 Å². The quantitative estimate of drug-likeness (QED) is 0.627. The molecule has 2 rings (SSSR count). The summed E-state index contributed by atoms with van der Waals surface area (Å²) >= 11 is 0. The summed E-state index contributed by atoms with van der Waals surface area (Å²) in [6.07, 6.45) is 2.29. The minimum Gasteiger partial charge on any atom is -0.493 e. The molecule has 1 amide bonds. The Kier molecular flexibility index (Phi) is 6.37. The van der Waals surface area contributed by atoms with Gasteiger partial charge in [-0.15, -0.1) is 0 Å². The molecule has 1 N–H and O–H groups in total. The predicted molar refractivity (Wildman–Crippen MR) is 94.8 cm³/mol. The van der Waals surface area contributed by atoms with Crippen molar-refractivity contribution in [2.45, 2.75) is 19.3 Å². The Morgan fingerprint density at radius 1 is 1.12 bits per heavy atom. The van der Waals surface area contributed by atoms with E-state index >= 15 is 0 Å². The standard InChI is InChI=1S/C19H22N2O3/c1-4-16(15-8-6-5-7-9-15)19(22)21-20-13-14-10-11-17(23-2)18(12-14)24-3/h5-13,16H,4H2,1-3H3,(H,21,22)/b20-13-/t16-/m0/s1. The second kappa shape index (κ2) is 8.72. The molecular weight excluding hydrogens is 304 g/mol. The molecular formula is C19H22N2O3. The van der Waals surface area contributed by atoms with E-state index in [1.54, 1.807) is 32.6 Å². The van der Waals surface area contributed by atoms with Crippen LogP contribution in [0.1, 0.15) is 30.4 Å². The van der Waals surface area contributed by atoms with Crippen LogP contribution in [0, 0.1) is 0 Å². The molecule has 126 valence electrons. The van der Waals surface area contributed by atoms with Crippen molar-refractivity contribution >= 4 is 12.1 Å². The second-order valence-corrected chi connectivity index (χ2v) is 5.22. The second-order valence-electron chi connectivity index (χ2n) is 5.22. The lowest BCUT2D eigenvalue weighted by molar-refractivity contribution is -0.122. The fourth-order valence-corrected chi connectivity index (χ4v) is 2.44. The number of carbonyl (C=O) groups is 1. The third-order valence-corrected chi connectivity index (χ3v) is 3.72. The van der Waals surface area contributed by atoms with E-state index in [2.05, 4.69) is 10.5 Å². The summed E-state index contributed by atoms with van der Waals surface area (Å²) in [6.45, 7) is 1.98. The van der Waals surface area contributed by atoms with Crippen LogP contribution in [0.3, 0.4) is 0 Å². The maximum absolute atomic E-state index is 12.3. The molecule has 5 nitrogen and oxygen atoms in total. The van der Waals surface area contributed by atoms with Gasteiger partial charge in [-0.2, -0.15) is 5.10 Å². The number of hydrogen-bond acceptors (Lipinski definition) is 4. The zero-order valence-corrected chi connectivity index (χ0v) is 14.2. The Morgan fingerprint density at radius 3 is 2.46 bits per heavy atom. The molecule has 2 aromatic rings. The maximum Gasteiger partial charge on any atom is 0.247 e. The summed E-state index contributed by atoms with van der Waals surface area (Å²) in [4.78, 5) is 12.3. The highest BCUT2D eigenvalue weighted by atomic mass is 16.5. The van der Waals surface area contributed by atoms with Gasteiger partial charge in [0.1, 0.15) is 0 Å². The van der Waals surface area contributed by atoms with E-state index in [4.69, 9.17) is 9.47 Å². The van der Waals surface area contributed by atoms with Crippen LogP contribution in [0.2, 0.25) is 0 Å². The minimum atomic E-state index is -0.214. The van der Waals surface area contributed by atoms with Crippen LogP contribution < -0.4 is 14.9 Å². The molecule has 1 atom stereocenters. The third-order valence-electron chi connectivity index (χ3n) is 3.72. The molecule has 0 unspecified atom stereocenters. The fraction of sp³-hybridized carbons (Fsp3) is 0.263. The number of nitrogens with one attached hydrogen (secondary N) is 1. The van der Waals surface area contributed by atoms with Gasteiger partial charge in [-0.25, -0.2) is 5.43 Å². The van der Waals surface area contributed by atoms with Gasteiger partial charge in [0.25, 0.3) is 0 Å². The molecule has 24 heavy (non-hydrogen) atoms. The van der Waals surface area contributed by atoms with E-state index in [1.807, 2.05) is 43.3 Å². The van der Waals surface area contributed by atoms with Crippen LogP contribution >= 0.6 is 0 Å². The molecule has 0 fully saturated rings. The van der Waals surface area contributed by atoms with Gasteiger partial charge in [-0.05, 0) is 35.7 Å². The highest BCUT2D eigenvalue weighted by Gasteiger charge is 2.17. The van der Waals surface area contributed by atoms with Gasteiger partial charge in [0.15, 0.2) is 11.5 Å². The minimum absolute atomic E-state index is 0.125. The van der Waals surface area contributed by atoms with E-state index in [1.165, 1.54) is 0 Å². The largest absolute Gasteiger partial charge is 0.493 e. The van der Waals surface area contributed by atoms with E-state index in [0.29, 0.717) is 17.9 Å². The highest BCUT2D eigenvalue weighted by Crippen LogP contribution is 2.26. The van der Waals surface area contributed by atoms with Crippen LogP contribution in [0.5, 0.6) is 11.5 Å². The Hall–Kier alpha value is -2.82. The zero-order valence-electron chi connectivity index (χ0n) is 14.2. The smallest absolute Gasteiger partial charge is 0.247 e. The number of nitrogens with zero attached hydrogens (tertiary/aromatic N) is 1. The number of carbonyl (C=O) groups excluding carboxylic acids is 1. The number of methoxy groups -OCH3 is 2. The van der Waals surface area contributed by atoms with E-state index in [0.717, 1.165) is 11.1 Å². The molecule has 0 saturated carbocycles. The van der Waals surface area contributed by atoms with Gasteiger partial charge in [0, 0.05) is 0 Å². The number of amides is 1. The van der Waals surface area contributed by atoms with Crippen molar-refractivity contribution in [1.82, 2.24) is 5.43 Å². The number of hydrazone groups is 1. The molecule has 0 aromatic heterocycles. The molecule has 0 spiro atoms. The average Bonchev–Trinajstić information content (AvgIpc) is 2.63. The highest BCUT2D eigenvalue weighted by molar-refractivity contribution is 5.86. The zero-order chi connectivity index (χ0) is 17.4. The summed E-state index contributed by atoms with van der Waals surface area (Å²) in [5, 5.41) is 4.05. The molecule has 0 saturated heterocycles. The van der Waals surface area contributed by atoms with Crippen molar-refractivity contribution in [1.29, 1.82) is 0 Å². The number of rotatable bonds is 7. The lowest BCUT2D eigenvalue weighted by atomic mass is 9.96. The molecule has 0 aliphatic carbocycles. The number of ether oxygens (including phenoxy) is 2. The molecule has 2 aromatic carbocycles. The molecule has 0 heterocycles. The first-order chi connectivity index (χ1) is 11.7. The number of benzene rings is 2. The topological polar surface area (TPSA) is 59.9 Å². The first-order valence-corrected chi connectivity index (χ1v) is 7.79. The molecule has 5 heteroatoms. The van der Waals surface area contributed by atoms with Crippen LogP contribution in [0.15, 0.2) is 53.6 Å². The van der Waals surface area contributed by atoms with Crippen molar-refractivity contribution in [2.75, 3.05) is 14.2 Å². The Bertz CT molecular complexity index is 699. The van der Waals surface area contributed by atoms with Gasteiger partial charge in [-0.1, -0.05) is 37.3 Å². The predicted octanol–water partition coefficient (Wildman–Crippen LogP) is 3.35. The van der Waals surface area contributed by atoms with Crippen LogP contribution in [0.4, 0.5) is 0 Å². The Morgan fingerprint density at radius 2 is 1.83 bits per heavy atom. The van der Waals surface area contributed by atoms with Gasteiger partial charge >= 0.3 is 0 Å². The van der Waals surface area contributed by atoms with Crippen molar-refractivity contribution < 1.29 is 14.3 Å². The van der Waals surface area contributed by atoms with Crippen LogP contribution in [-0.2, 0) is 4.79 Å². The third kappa shape index (κ3) is 4.35. The maximum atomic E-state index is 12.3. The number of hydrogen-bond donors (Lipinski definition) is 1. The summed E-state index contributed by atoms with van der Waals surface area (Å²) in [5.74, 6) is 0.923. The monoisotopic (exact) mass is 326 g/mol. The van der Waals surface area contributed by atoms with Crippen LogP contribution in [0.25, 0.3) is 0 Å². The van der Waals surface area contributed by atoms with E-state index in [-0.39, 0.29) is 11.8 Å². The van der Waals surface area contributed by atoms with Gasteiger partial charge in [0.05, 0.1) is 26.4 Å². The summed E-state index contributed by atoms with van der Waals surface area (Å²) < 4.78 is 10.4. The normalized spacial score (nSPS) is 12.0. The Balaban J connectivity index is 2.04. The fourth-order valence-electron chi connectivity index (χ4n) is 2.44. The molecule has 0 aliphatic heterocycles. The van der Waals surface area contributed by atoms with E-state index in [9.17, 15) is 4.79 Å². The summed E-state index contributed by atoms with van der Waals surface area (Å²) in [5.41, 5.74) is 4.40. The van der Waals surface area contributed by atoms with Gasteiger partial charge < -0.3 is 9.47 Å². The van der Waals surface area contributed by atoms with Crippen molar-refractivity contribution in [2.24, 2.45) is 5.10 Å². The SMILES string of the molecule is CC[C@H](C(=O)N/N=C\c1ccc(OC)c(OC)c1)c1ccccc1. The first kappa shape index (κ1) is 17.5. The molecule has 0 aliphatic rings. The molecule has 0 radical (unpaired) electrons. The van der Waals surface area contributed by atoms with Gasteiger partial charge in [0.2, 0.25) is 5.91 Å². The first-order valence-electron chi connectivity index (χ1n) is 7.79. The van der Waals surface area contributed by atoms with Gasteiger partial charge in [-0.3, -0.25) is 4.79 Å². The van der Waals surface area contributed by atoms with Crippen molar-refractivity contribution in [3.63, 3.8) is 0 Å².